The van der Waals surface area contributed by atoms with Crippen LogP contribution in [0.5, 0.6) is 0 Å². The van der Waals surface area contributed by atoms with E-state index in [9.17, 15) is 14.4 Å². The summed E-state index contributed by atoms with van der Waals surface area (Å²) in [7, 11) is 0. The summed E-state index contributed by atoms with van der Waals surface area (Å²) in [6.45, 7) is 1.50. The number of halogens is 1. The Morgan fingerprint density at radius 1 is 1.33 bits per heavy atom. The number of rotatable bonds is 6. The minimum absolute atomic E-state index is 0.0971. The molecule has 0 aliphatic carbocycles. The van der Waals surface area contributed by atoms with Gasteiger partial charge in [-0.3, -0.25) is 14.4 Å². The Morgan fingerprint density at radius 3 is 2.58 bits per heavy atom. The van der Waals surface area contributed by atoms with Crippen LogP contribution < -0.4 is 0 Å². The van der Waals surface area contributed by atoms with Gasteiger partial charge in [0.1, 0.15) is 12.6 Å². The van der Waals surface area contributed by atoms with E-state index >= 15 is 0 Å². The Kier molecular flexibility index (Phi) is 6.51. The number of benzene rings is 1. The number of thioether (sulfide) groups is 1. The highest BCUT2D eigenvalue weighted by Gasteiger charge is 2.36. The van der Waals surface area contributed by atoms with Crippen LogP contribution in [0.4, 0.5) is 0 Å². The molecule has 1 N–H and O–H groups in total. The largest absolute Gasteiger partial charge is 0.480 e. The lowest BCUT2D eigenvalue weighted by Gasteiger charge is -2.29. The van der Waals surface area contributed by atoms with Crippen molar-refractivity contribution < 1.29 is 19.5 Å². The zero-order valence-electron chi connectivity index (χ0n) is 13.3. The highest BCUT2D eigenvalue weighted by Crippen LogP contribution is 2.24. The van der Waals surface area contributed by atoms with Gasteiger partial charge in [0.15, 0.2) is 0 Å². The standard InChI is InChI=1S/C16H19ClN2O4S/c1-2-14(20)19-10-24-9-13(19)16(23)18(8-15(21)22)7-11-3-5-12(17)6-4-11/h3-6,13H,2,7-10H2,1H3,(H,21,22). The Bertz CT molecular complexity index is 623. The van der Waals surface area contributed by atoms with Crippen molar-refractivity contribution in [2.75, 3.05) is 18.2 Å². The average molecular weight is 371 g/mol. The molecule has 0 spiro atoms. The molecule has 2 amide bonds. The molecular weight excluding hydrogens is 352 g/mol. The summed E-state index contributed by atoms with van der Waals surface area (Å²) in [4.78, 5) is 38.7. The second-order valence-electron chi connectivity index (χ2n) is 5.45. The fourth-order valence-corrected chi connectivity index (χ4v) is 3.79. The second kappa shape index (κ2) is 8.39. The van der Waals surface area contributed by atoms with Crippen molar-refractivity contribution in [3.8, 4) is 0 Å². The van der Waals surface area contributed by atoms with Crippen LogP contribution in [0.3, 0.4) is 0 Å². The molecule has 1 fully saturated rings. The summed E-state index contributed by atoms with van der Waals surface area (Å²) in [5, 5.41) is 9.69. The molecule has 1 saturated heterocycles. The van der Waals surface area contributed by atoms with Crippen molar-refractivity contribution in [2.45, 2.75) is 25.9 Å². The lowest BCUT2D eigenvalue weighted by molar-refractivity contribution is -0.149. The summed E-state index contributed by atoms with van der Waals surface area (Å²) in [6, 6.07) is 6.29. The highest BCUT2D eigenvalue weighted by atomic mass is 35.5. The third-order valence-electron chi connectivity index (χ3n) is 3.71. The minimum Gasteiger partial charge on any atom is -0.480 e. The lowest BCUT2D eigenvalue weighted by atomic mass is 10.1. The van der Waals surface area contributed by atoms with E-state index in [2.05, 4.69) is 0 Å². The maximum atomic E-state index is 12.8. The molecule has 2 rings (SSSR count). The molecule has 130 valence electrons. The van der Waals surface area contributed by atoms with Crippen LogP contribution in [-0.2, 0) is 20.9 Å². The van der Waals surface area contributed by atoms with Gasteiger partial charge in [0.2, 0.25) is 11.8 Å². The third kappa shape index (κ3) is 4.64. The number of nitrogens with zero attached hydrogens (tertiary/aromatic N) is 2. The predicted octanol–water partition coefficient (Wildman–Crippen LogP) is 2.06. The summed E-state index contributed by atoms with van der Waals surface area (Å²) < 4.78 is 0. The Labute approximate surface area is 149 Å². The number of carboxylic acid groups (broad SMARTS) is 1. The zero-order valence-corrected chi connectivity index (χ0v) is 14.8. The molecular formula is C16H19ClN2O4S. The first kappa shape index (κ1) is 18.6. The molecule has 0 saturated carbocycles. The topological polar surface area (TPSA) is 77.9 Å². The molecule has 1 atom stereocenters. The van der Waals surface area contributed by atoms with Crippen LogP contribution in [-0.4, -0.2) is 56.9 Å². The van der Waals surface area contributed by atoms with E-state index in [0.717, 1.165) is 5.56 Å². The number of hydrogen-bond acceptors (Lipinski definition) is 4. The third-order valence-corrected chi connectivity index (χ3v) is 4.98. The van der Waals surface area contributed by atoms with E-state index in [1.165, 1.54) is 21.6 Å². The molecule has 1 aromatic rings. The maximum absolute atomic E-state index is 12.8. The van der Waals surface area contributed by atoms with Gasteiger partial charge in [0, 0.05) is 23.7 Å². The molecule has 1 unspecified atom stereocenters. The zero-order chi connectivity index (χ0) is 17.7. The van der Waals surface area contributed by atoms with Gasteiger partial charge < -0.3 is 14.9 Å². The van der Waals surface area contributed by atoms with Crippen molar-refractivity contribution in [1.29, 1.82) is 0 Å². The van der Waals surface area contributed by atoms with Gasteiger partial charge in [0.25, 0.3) is 0 Å². The average Bonchev–Trinajstić information content (AvgIpc) is 3.04. The first-order valence-electron chi connectivity index (χ1n) is 7.54. The molecule has 0 aromatic heterocycles. The number of carbonyl (C=O) groups excluding carboxylic acids is 2. The smallest absolute Gasteiger partial charge is 0.323 e. The number of amides is 2. The van der Waals surface area contributed by atoms with Gasteiger partial charge in [-0.05, 0) is 17.7 Å². The Hall–Kier alpha value is -1.73. The molecule has 1 aliphatic heterocycles. The van der Waals surface area contributed by atoms with Gasteiger partial charge in [-0.25, -0.2) is 0 Å². The van der Waals surface area contributed by atoms with Crippen molar-refractivity contribution in [2.24, 2.45) is 0 Å². The van der Waals surface area contributed by atoms with Crippen LogP contribution in [0.2, 0.25) is 5.02 Å². The van der Waals surface area contributed by atoms with Crippen molar-refractivity contribution in [1.82, 2.24) is 9.80 Å². The van der Waals surface area contributed by atoms with E-state index in [0.29, 0.717) is 23.1 Å². The van der Waals surface area contributed by atoms with Crippen LogP contribution in [0.15, 0.2) is 24.3 Å². The van der Waals surface area contributed by atoms with Gasteiger partial charge in [0.05, 0.1) is 5.88 Å². The number of aliphatic carboxylic acids is 1. The highest BCUT2D eigenvalue weighted by molar-refractivity contribution is 7.99. The molecule has 0 bridgehead atoms. The van der Waals surface area contributed by atoms with E-state index in [1.807, 2.05) is 0 Å². The quantitative estimate of drug-likeness (QED) is 0.829. The fourth-order valence-electron chi connectivity index (χ4n) is 2.49. The van der Waals surface area contributed by atoms with E-state index in [4.69, 9.17) is 16.7 Å². The molecule has 24 heavy (non-hydrogen) atoms. The summed E-state index contributed by atoms with van der Waals surface area (Å²) in [6.07, 6.45) is 0.320. The van der Waals surface area contributed by atoms with Gasteiger partial charge >= 0.3 is 5.97 Å². The molecule has 1 aromatic carbocycles. The Morgan fingerprint density at radius 2 is 2.00 bits per heavy atom. The number of carbonyl (C=O) groups is 3. The van der Waals surface area contributed by atoms with Crippen LogP contribution >= 0.6 is 23.4 Å². The summed E-state index contributed by atoms with van der Waals surface area (Å²) in [5.41, 5.74) is 0.785. The Balaban J connectivity index is 2.16. The minimum atomic E-state index is -1.09. The second-order valence-corrected chi connectivity index (χ2v) is 6.88. The van der Waals surface area contributed by atoms with Crippen molar-refractivity contribution >= 4 is 41.1 Å². The first-order chi connectivity index (χ1) is 11.4. The van der Waals surface area contributed by atoms with E-state index in [1.54, 1.807) is 31.2 Å². The normalized spacial score (nSPS) is 16.9. The molecule has 0 radical (unpaired) electrons. The summed E-state index contributed by atoms with van der Waals surface area (Å²) in [5.74, 6) is -0.567. The van der Waals surface area contributed by atoms with E-state index < -0.39 is 18.6 Å². The maximum Gasteiger partial charge on any atom is 0.323 e. The first-order valence-corrected chi connectivity index (χ1v) is 9.08. The monoisotopic (exact) mass is 370 g/mol. The van der Waals surface area contributed by atoms with Crippen molar-refractivity contribution in [3.63, 3.8) is 0 Å². The molecule has 1 aliphatic rings. The summed E-state index contributed by atoms with van der Waals surface area (Å²) >= 11 is 7.35. The lowest BCUT2D eigenvalue weighted by Crippen LogP contribution is -2.49. The van der Waals surface area contributed by atoms with Crippen molar-refractivity contribution in [3.05, 3.63) is 34.9 Å². The SMILES string of the molecule is CCC(=O)N1CSCC1C(=O)N(CC(=O)O)Cc1ccc(Cl)cc1. The van der Waals surface area contributed by atoms with E-state index in [-0.39, 0.29) is 18.4 Å². The fraction of sp³-hybridized carbons (Fsp3) is 0.438. The van der Waals surface area contributed by atoms with Crippen LogP contribution in [0, 0.1) is 0 Å². The number of carboxylic acids is 1. The molecule has 1 heterocycles. The molecule has 6 nitrogen and oxygen atoms in total. The predicted molar refractivity (Wildman–Crippen MR) is 92.8 cm³/mol. The van der Waals surface area contributed by atoms with Crippen LogP contribution in [0.25, 0.3) is 0 Å². The van der Waals surface area contributed by atoms with Gasteiger partial charge in [-0.2, -0.15) is 0 Å². The number of hydrogen-bond donors (Lipinski definition) is 1. The molecule has 8 heteroatoms. The van der Waals surface area contributed by atoms with Crippen LogP contribution in [0.1, 0.15) is 18.9 Å². The van der Waals surface area contributed by atoms with Gasteiger partial charge in [-0.15, -0.1) is 11.8 Å². The van der Waals surface area contributed by atoms with Gasteiger partial charge in [-0.1, -0.05) is 30.7 Å².